The molecule has 1 aliphatic rings. The van der Waals surface area contributed by atoms with Crippen molar-refractivity contribution in [1.82, 2.24) is 10.2 Å². The molecule has 66 valence electrons. The van der Waals surface area contributed by atoms with Gasteiger partial charge in [-0.1, -0.05) is 5.92 Å². The molecule has 0 radical (unpaired) electrons. The second-order valence-corrected chi connectivity index (χ2v) is 3.11. The van der Waals surface area contributed by atoms with Crippen LogP contribution < -0.4 is 0 Å². The summed E-state index contributed by atoms with van der Waals surface area (Å²) in [7, 11) is 0. The largest absolute Gasteiger partial charge is 0.311 e. The monoisotopic (exact) mass is 177 g/mol. The van der Waals surface area contributed by atoms with E-state index in [0.29, 0.717) is 5.69 Å². The van der Waals surface area contributed by atoms with Gasteiger partial charge in [0, 0.05) is 0 Å². The molecule has 5 heteroatoms. The van der Waals surface area contributed by atoms with E-state index in [1.54, 1.807) is 0 Å². The first-order valence-corrected chi connectivity index (χ1v) is 3.86. The van der Waals surface area contributed by atoms with Crippen molar-refractivity contribution in [3.8, 4) is 12.3 Å². The van der Waals surface area contributed by atoms with E-state index >= 15 is 0 Å². The fraction of sp³-hybridized carbons (Fsp3) is 0.375. The molecule has 0 spiro atoms. The molecular formula is C8H7N3O2. The summed E-state index contributed by atoms with van der Waals surface area (Å²) in [6.45, 7) is 0. The standard InChI is InChI=1S/C8H7N3O2/c1-2-8(3-4-8)7-6(11(12)13)5-9-10-7/h1,5H,3-4H2,(H,9,10). The number of nitro groups is 1. The number of aromatic amines is 1. The van der Waals surface area contributed by atoms with Gasteiger partial charge in [0.15, 0.2) is 0 Å². The molecule has 1 fully saturated rings. The highest BCUT2D eigenvalue weighted by molar-refractivity contribution is 5.47. The number of H-pyrrole nitrogens is 1. The van der Waals surface area contributed by atoms with Crippen LogP contribution in [0.2, 0.25) is 0 Å². The summed E-state index contributed by atoms with van der Waals surface area (Å²) in [6.07, 6.45) is 8.11. The molecule has 1 N–H and O–H groups in total. The molecule has 0 bridgehead atoms. The Bertz CT molecular complexity index is 398. The molecule has 0 aliphatic heterocycles. The van der Waals surface area contributed by atoms with E-state index in [4.69, 9.17) is 6.42 Å². The second-order valence-electron chi connectivity index (χ2n) is 3.11. The van der Waals surface area contributed by atoms with Crippen LogP contribution in [0, 0.1) is 22.5 Å². The lowest BCUT2D eigenvalue weighted by Gasteiger charge is -2.01. The first-order chi connectivity index (χ1) is 6.19. The third kappa shape index (κ3) is 0.991. The van der Waals surface area contributed by atoms with E-state index in [9.17, 15) is 10.1 Å². The predicted octanol–water partition coefficient (Wildman–Crippen LogP) is 0.983. The van der Waals surface area contributed by atoms with Gasteiger partial charge in [-0.05, 0) is 12.8 Å². The number of hydrogen-bond donors (Lipinski definition) is 1. The molecule has 2 rings (SSSR count). The Balaban J connectivity index is 2.48. The van der Waals surface area contributed by atoms with Crippen LogP contribution in [-0.4, -0.2) is 15.1 Å². The van der Waals surface area contributed by atoms with Crippen molar-refractivity contribution in [1.29, 1.82) is 0 Å². The molecule has 1 aromatic rings. The zero-order chi connectivity index (χ0) is 9.47. The van der Waals surface area contributed by atoms with Crippen molar-refractivity contribution in [2.75, 3.05) is 0 Å². The third-order valence-corrected chi connectivity index (χ3v) is 2.32. The minimum Gasteiger partial charge on any atom is -0.274 e. The van der Waals surface area contributed by atoms with Crippen molar-refractivity contribution in [2.24, 2.45) is 0 Å². The van der Waals surface area contributed by atoms with Crippen molar-refractivity contribution in [2.45, 2.75) is 18.3 Å². The molecule has 5 nitrogen and oxygen atoms in total. The summed E-state index contributed by atoms with van der Waals surface area (Å²) in [4.78, 5) is 10.1. The lowest BCUT2D eigenvalue weighted by Crippen LogP contribution is -2.06. The molecule has 1 aromatic heterocycles. The summed E-state index contributed by atoms with van der Waals surface area (Å²) in [5.74, 6) is 2.57. The van der Waals surface area contributed by atoms with Crippen LogP contribution in [0.4, 0.5) is 5.69 Å². The molecule has 0 amide bonds. The number of nitrogens with one attached hydrogen (secondary N) is 1. The minimum atomic E-state index is -0.462. The van der Waals surface area contributed by atoms with Crippen molar-refractivity contribution in [3.63, 3.8) is 0 Å². The normalized spacial score (nSPS) is 17.8. The van der Waals surface area contributed by atoms with Gasteiger partial charge < -0.3 is 0 Å². The number of terminal acetylenes is 1. The summed E-state index contributed by atoms with van der Waals surface area (Å²) in [5.41, 5.74) is 0.0225. The Labute approximate surface area is 74.3 Å². The number of nitrogens with zero attached hydrogens (tertiary/aromatic N) is 2. The molecule has 13 heavy (non-hydrogen) atoms. The smallest absolute Gasteiger partial charge is 0.274 e. The Morgan fingerprint density at radius 2 is 2.46 bits per heavy atom. The van der Waals surface area contributed by atoms with E-state index in [1.165, 1.54) is 6.20 Å². The van der Waals surface area contributed by atoms with E-state index in [-0.39, 0.29) is 5.69 Å². The number of hydrogen-bond acceptors (Lipinski definition) is 3. The van der Waals surface area contributed by atoms with Gasteiger partial charge in [-0.2, -0.15) is 5.10 Å². The first-order valence-electron chi connectivity index (χ1n) is 3.86. The number of rotatable bonds is 2. The van der Waals surface area contributed by atoms with Crippen LogP contribution in [0.5, 0.6) is 0 Å². The maximum Gasteiger partial charge on any atom is 0.311 e. The Morgan fingerprint density at radius 3 is 2.92 bits per heavy atom. The Kier molecular flexibility index (Phi) is 1.40. The third-order valence-electron chi connectivity index (χ3n) is 2.32. The lowest BCUT2D eigenvalue weighted by atomic mass is 10.0. The lowest BCUT2D eigenvalue weighted by molar-refractivity contribution is -0.385. The van der Waals surface area contributed by atoms with E-state index in [1.807, 2.05) is 0 Å². The molecular weight excluding hydrogens is 170 g/mol. The van der Waals surface area contributed by atoms with Crippen LogP contribution in [0.15, 0.2) is 6.20 Å². The van der Waals surface area contributed by atoms with Gasteiger partial charge in [-0.15, -0.1) is 6.42 Å². The first kappa shape index (κ1) is 7.80. The topological polar surface area (TPSA) is 71.8 Å². The van der Waals surface area contributed by atoms with Gasteiger partial charge >= 0.3 is 5.69 Å². The van der Waals surface area contributed by atoms with Crippen LogP contribution in [0.25, 0.3) is 0 Å². The van der Waals surface area contributed by atoms with E-state index in [0.717, 1.165) is 12.8 Å². The molecule has 1 aliphatic carbocycles. The van der Waals surface area contributed by atoms with Crippen LogP contribution >= 0.6 is 0 Å². The van der Waals surface area contributed by atoms with Gasteiger partial charge in [0.25, 0.3) is 0 Å². The SMILES string of the molecule is C#CC1(c2[nH]ncc2[N+](=O)[O-])CC1. The highest BCUT2D eigenvalue weighted by atomic mass is 16.6. The van der Waals surface area contributed by atoms with Crippen molar-refractivity contribution in [3.05, 3.63) is 22.0 Å². The molecule has 0 unspecified atom stereocenters. The van der Waals surface area contributed by atoms with Gasteiger partial charge in [-0.25, -0.2) is 0 Å². The Hall–Kier alpha value is -1.83. The summed E-state index contributed by atoms with van der Waals surface area (Å²) >= 11 is 0. The fourth-order valence-corrected chi connectivity index (χ4v) is 1.36. The van der Waals surface area contributed by atoms with Crippen LogP contribution in [0.1, 0.15) is 18.5 Å². The molecule has 1 saturated carbocycles. The van der Waals surface area contributed by atoms with E-state index < -0.39 is 10.3 Å². The molecule has 1 heterocycles. The summed E-state index contributed by atoms with van der Waals surface area (Å²) < 4.78 is 0. The molecule has 0 saturated heterocycles. The quantitative estimate of drug-likeness (QED) is 0.416. The van der Waals surface area contributed by atoms with Gasteiger partial charge in [0.1, 0.15) is 11.9 Å². The average Bonchev–Trinajstić information content (AvgIpc) is 2.74. The highest BCUT2D eigenvalue weighted by Gasteiger charge is 2.48. The number of aromatic nitrogens is 2. The molecule has 0 atom stereocenters. The zero-order valence-corrected chi connectivity index (χ0v) is 6.78. The molecule has 0 aromatic carbocycles. The summed E-state index contributed by atoms with van der Waals surface area (Å²) in [5, 5.41) is 16.8. The van der Waals surface area contributed by atoms with Crippen LogP contribution in [0.3, 0.4) is 0 Å². The zero-order valence-electron chi connectivity index (χ0n) is 6.78. The minimum absolute atomic E-state index is 0.00421. The Morgan fingerprint density at radius 1 is 1.77 bits per heavy atom. The summed E-state index contributed by atoms with van der Waals surface area (Å²) in [6, 6.07) is 0. The predicted molar refractivity (Wildman–Crippen MR) is 45.0 cm³/mol. The van der Waals surface area contributed by atoms with Gasteiger partial charge in [0.05, 0.1) is 10.3 Å². The van der Waals surface area contributed by atoms with Crippen molar-refractivity contribution < 1.29 is 4.92 Å². The average molecular weight is 177 g/mol. The maximum atomic E-state index is 10.6. The maximum absolute atomic E-state index is 10.6. The second kappa shape index (κ2) is 2.33. The van der Waals surface area contributed by atoms with E-state index in [2.05, 4.69) is 16.1 Å². The van der Waals surface area contributed by atoms with Gasteiger partial charge in [0.2, 0.25) is 0 Å². The van der Waals surface area contributed by atoms with Crippen molar-refractivity contribution >= 4 is 5.69 Å². The fourth-order valence-electron chi connectivity index (χ4n) is 1.36. The highest BCUT2D eigenvalue weighted by Crippen LogP contribution is 2.49. The van der Waals surface area contributed by atoms with Gasteiger partial charge in [-0.3, -0.25) is 15.2 Å². The van der Waals surface area contributed by atoms with Crippen LogP contribution in [-0.2, 0) is 5.41 Å².